The number of anilines is 1. The van der Waals surface area contributed by atoms with E-state index in [1.165, 1.54) is 18.4 Å². The van der Waals surface area contributed by atoms with Gasteiger partial charge in [-0.05, 0) is 24.1 Å². The number of amides is 1. The second kappa shape index (κ2) is 8.47. The highest BCUT2D eigenvalue weighted by atomic mass is 79.9. The van der Waals surface area contributed by atoms with Crippen LogP contribution in [0.1, 0.15) is 23.2 Å². The number of rotatable bonds is 6. The van der Waals surface area contributed by atoms with Gasteiger partial charge in [-0.15, -0.1) is 22.9 Å². The van der Waals surface area contributed by atoms with Gasteiger partial charge in [0.15, 0.2) is 0 Å². The lowest BCUT2D eigenvalue weighted by atomic mass is 10.0. The maximum atomic E-state index is 12.2. The van der Waals surface area contributed by atoms with E-state index < -0.39 is 5.97 Å². The third-order valence-corrected chi connectivity index (χ3v) is 4.82. The van der Waals surface area contributed by atoms with Crippen molar-refractivity contribution in [2.45, 2.75) is 12.8 Å². The molecule has 1 heterocycles. The number of hydrogen-bond acceptors (Lipinski definition) is 4. The summed E-state index contributed by atoms with van der Waals surface area (Å²) in [5.74, 6) is -0.219. The summed E-state index contributed by atoms with van der Waals surface area (Å²) in [6.07, 6.45) is 0.904. The van der Waals surface area contributed by atoms with E-state index in [0.29, 0.717) is 29.3 Å². The van der Waals surface area contributed by atoms with Crippen LogP contribution in [0.5, 0.6) is 0 Å². The van der Waals surface area contributed by atoms with Gasteiger partial charge in [0.05, 0.1) is 7.11 Å². The van der Waals surface area contributed by atoms with Gasteiger partial charge in [0.2, 0.25) is 5.91 Å². The lowest BCUT2D eigenvalue weighted by Gasteiger charge is -2.07. The zero-order chi connectivity index (χ0) is 16.8. The predicted octanol–water partition coefficient (Wildman–Crippen LogP) is 4.92. The molecule has 0 radical (unpaired) electrons. The zero-order valence-corrected chi connectivity index (χ0v) is 15.6. The molecule has 1 amide bonds. The SMILES string of the molecule is COC(=O)c1c(-c2ccc(Br)cc2)csc1NC(=O)CCCCl. The third-order valence-electron chi connectivity index (χ3n) is 3.13. The molecule has 0 saturated carbocycles. The minimum Gasteiger partial charge on any atom is -0.465 e. The molecule has 0 unspecified atom stereocenters. The molecule has 122 valence electrons. The van der Waals surface area contributed by atoms with E-state index >= 15 is 0 Å². The first-order chi connectivity index (χ1) is 11.1. The van der Waals surface area contributed by atoms with Crippen molar-refractivity contribution in [3.8, 4) is 11.1 Å². The average Bonchev–Trinajstić information content (AvgIpc) is 2.96. The summed E-state index contributed by atoms with van der Waals surface area (Å²) in [4.78, 5) is 24.1. The van der Waals surface area contributed by atoms with Gasteiger partial charge in [0, 0.05) is 27.7 Å². The maximum Gasteiger partial charge on any atom is 0.341 e. The molecule has 2 aromatic rings. The Kier molecular flexibility index (Phi) is 6.62. The van der Waals surface area contributed by atoms with Crippen LogP contribution in [0.4, 0.5) is 5.00 Å². The Labute approximate surface area is 151 Å². The van der Waals surface area contributed by atoms with Crippen LogP contribution in [0.3, 0.4) is 0 Å². The van der Waals surface area contributed by atoms with Gasteiger partial charge in [0.1, 0.15) is 10.6 Å². The van der Waals surface area contributed by atoms with Gasteiger partial charge in [-0.3, -0.25) is 4.79 Å². The van der Waals surface area contributed by atoms with Crippen molar-refractivity contribution in [3.05, 3.63) is 39.7 Å². The van der Waals surface area contributed by atoms with Crippen LogP contribution < -0.4 is 5.32 Å². The van der Waals surface area contributed by atoms with Gasteiger partial charge in [-0.2, -0.15) is 0 Å². The van der Waals surface area contributed by atoms with Crippen molar-refractivity contribution in [2.24, 2.45) is 0 Å². The molecule has 0 aliphatic carbocycles. The molecule has 7 heteroatoms. The van der Waals surface area contributed by atoms with E-state index in [4.69, 9.17) is 16.3 Å². The topological polar surface area (TPSA) is 55.4 Å². The summed E-state index contributed by atoms with van der Waals surface area (Å²) in [7, 11) is 1.32. The van der Waals surface area contributed by atoms with Crippen LogP contribution in [0.25, 0.3) is 11.1 Å². The normalized spacial score (nSPS) is 10.4. The standard InChI is InChI=1S/C16H15BrClNO3S/c1-22-16(21)14-12(10-4-6-11(17)7-5-10)9-23-15(14)19-13(20)3-2-8-18/h4-7,9H,2-3,8H2,1H3,(H,19,20). The molecule has 0 aliphatic heterocycles. The van der Waals surface area contributed by atoms with Crippen molar-refractivity contribution in [2.75, 3.05) is 18.3 Å². The number of alkyl halides is 1. The first-order valence-corrected chi connectivity index (χ1v) is 9.09. The Hall–Kier alpha value is -1.37. The maximum absolute atomic E-state index is 12.2. The van der Waals surface area contributed by atoms with E-state index in [9.17, 15) is 9.59 Å². The molecule has 4 nitrogen and oxygen atoms in total. The van der Waals surface area contributed by atoms with E-state index in [1.807, 2.05) is 29.6 Å². The number of benzene rings is 1. The van der Waals surface area contributed by atoms with Crippen LogP contribution >= 0.6 is 38.9 Å². The molecule has 0 atom stereocenters. The van der Waals surface area contributed by atoms with Gasteiger partial charge in [0.25, 0.3) is 0 Å². The minimum absolute atomic E-state index is 0.167. The Bertz CT molecular complexity index is 700. The number of carbonyl (C=O) groups is 2. The lowest BCUT2D eigenvalue weighted by molar-refractivity contribution is -0.116. The fraction of sp³-hybridized carbons (Fsp3) is 0.250. The number of hydrogen-bond donors (Lipinski definition) is 1. The number of ether oxygens (including phenoxy) is 1. The molecule has 0 fully saturated rings. The first kappa shape index (κ1) is 18.0. The third kappa shape index (κ3) is 4.56. The Morgan fingerprint density at radius 3 is 2.61 bits per heavy atom. The van der Waals surface area contributed by atoms with Crippen LogP contribution in [-0.2, 0) is 9.53 Å². The van der Waals surface area contributed by atoms with Crippen molar-refractivity contribution in [1.29, 1.82) is 0 Å². The highest BCUT2D eigenvalue weighted by molar-refractivity contribution is 9.10. The van der Waals surface area contributed by atoms with Crippen LogP contribution in [0.15, 0.2) is 34.1 Å². The molecular formula is C16H15BrClNO3S. The van der Waals surface area contributed by atoms with Crippen LogP contribution in [0.2, 0.25) is 0 Å². The van der Waals surface area contributed by atoms with Gasteiger partial charge in [-0.25, -0.2) is 4.79 Å². The van der Waals surface area contributed by atoms with E-state index in [1.54, 1.807) is 0 Å². The summed E-state index contributed by atoms with van der Waals surface area (Å²) in [5.41, 5.74) is 1.99. The van der Waals surface area contributed by atoms with Crippen LogP contribution in [-0.4, -0.2) is 24.9 Å². The molecule has 0 saturated heterocycles. The zero-order valence-electron chi connectivity index (χ0n) is 12.4. The molecule has 23 heavy (non-hydrogen) atoms. The van der Waals surface area contributed by atoms with Crippen LogP contribution in [0, 0.1) is 0 Å². The lowest BCUT2D eigenvalue weighted by Crippen LogP contribution is -2.13. The quantitative estimate of drug-likeness (QED) is 0.537. The molecule has 0 aliphatic rings. The summed E-state index contributed by atoms with van der Waals surface area (Å²) in [6.45, 7) is 0. The summed E-state index contributed by atoms with van der Waals surface area (Å²) in [5, 5.41) is 5.11. The number of halogens is 2. The number of methoxy groups -OCH3 is 1. The van der Waals surface area contributed by atoms with Crippen molar-refractivity contribution in [1.82, 2.24) is 0 Å². The number of carbonyl (C=O) groups excluding carboxylic acids is 2. The average molecular weight is 417 g/mol. The Morgan fingerprint density at radius 1 is 1.30 bits per heavy atom. The van der Waals surface area contributed by atoms with Gasteiger partial charge in [-0.1, -0.05) is 28.1 Å². The smallest absolute Gasteiger partial charge is 0.341 e. The first-order valence-electron chi connectivity index (χ1n) is 6.88. The molecule has 1 N–H and O–H groups in total. The highest BCUT2D eigenvalue weighted by Gasteiger charge is 2.22. The molecule has 0 bridgehead atoms. The number of thiophene rings is 1. The molecule has 2 rings (SSSR count). The minimum atomic E-state index is -0.475. The van der Waals surface area contributed by atoms with Gasteiger partial charge < -0.3 is 10.1 Å². The largest absolute Gasteiger partial charge is 0.465 e. The van der Waals surface area contributed by atoms with Crippen molar-refractivity contribution >= 4 is 55.7 Å². The van der Waals surface area contributed by atoms with Crippen molar-refractivity contribution < 1.29 is 14.3 Å². The monoisotopic (exact) mass is 415 g/mol. The number of nitrogens with one attached hydrogen (secondary N) is 1. The number of esters is 1. The molecule has 1 aromatic carbocycles. The Balaban J connectivity index is 2.35. The fourth-order valence-electron chi connectivity index (χ4n) is 2.01. The van der Waals surface area contributed by atoms with Gasteiger partial charge >= 0.3 is 5.97 Å². The highest BCUT2D eigenvalue weighted by Crippen LogP contribution is 2.36. The fourth-order valence-corrected chi connectivity index (χ4v) is 3.38. The predicted molar refractivity (Wildman–Crippen MR) is 97.4 cm³/mol. The summed E-state index contributed by atoms with van der Waals surface area (Å²) < 4.78 is 5.82. The summed E-state index contributed by atoms with van der Waals surface area (Å²) in [6, 6.07) is 7.59. The second-order valence-electron chi connectivity index (χ2n) is 4.69. The molecular weight excluding hydrogens is 402 g/mol. The van der Waals surface area contributed by atoms with E-state index in [0.717, 1.165) is 15.6 Å². The van der Waals surface area contributed by atoms with Crippen molar-refractivity contribution in [3.63, 3.8) is 0 Å². The Morgan fingerprint density at radius 2 is 2.00 bits per heavy atom. The molecule has 1 aromatic heterocycles. The second-order valence-corrected chi connectivity index (χ2v) is 6.87. The van der Waals surface area contributed by atoms with E-state index in [-0.39, 0.29) is 5.91 Å². The summed E-state index contributed by atoms with van der Waals surface area (Å²) >= 11 is 10.3. The molecule has 0 spiro atoms. The van der Waals surface area contributed by atoms with E-state index in [2.05, 4.69) is 21.2 Å².